The molecule has 0 spiro atoms. The molecule has 53 valence electrons. The zero-order chi connectivity index (χ0) is 6.85. The fourth-order valence-corrected chi connectivity index (χ4v) is 1.15. The Kier molecular flexibility index (Phi) is 2.05. The maximum atomic E-state index is 8.72. The van der Waals surface area contributed by atoms with Gasteiger partial charge >= 0.3 is 0 Å². The second-order valence-corrected chi connectivity index (χ2v) is 2.41. The first kappa shape index (κ1) is 6.99. The fourth-order valence-electron chi connectivity index (χ4n) is 1.15. The predicted octanol–water partition coefficient (Wildman–Crippen LogP) is -0.447. The normalized spacial score (nSPS) is 30.0. The maximum Gasteiger partial charge on any atom is 0.167 e. The Morgan fingerprint density at radius 3 is 2.56 bits per heavy atom. The number of hydrogen-bond acceptors (Lipinski definition) is 3. The summed E-state index contributed by atoms with van der Waals surface area (Å²) < 4.78 is 0. The van der Waals surface area contributed by atoms with Crippen molar-refractivity contribution in [3.8, 4) is 0 Å². The maximum absolute atomic E-state index is 8.72. The highest BCUT2D eigenvalue weighted by Crippen LogP contribution is 2.19. The molecule has 1 heterocycles. The molecule has 1 aliphatic heterocycles. The van der Waals surface area contributed by atoms with E-state index in [4.69, 9.17) is 10.2 Å². The molecule has 9 heavy (non-hydrogen) atoms. The van der Waals surface area contributed by atoms with Crippen LogP contribution in [0, 0.1) is 6.54 Å². The van der Waals surface area contributed by atoms with E-state index in [1.165, 1.54) is 0 Å². The van der Waals surface area contributed by atoms with Crippen LogP contribution in [0.25, 0.3) is 0 Å². The summed E-state index contributed by atoms with van der Waals surface area (Å²) >= 11 is 0. The van der Waals surface area contributed by atoms with E-state index in [9.17, 15) is 0 Å². The van der Waals surface area contributed by atoms with Crippen molar-refractivity contribution < 1.29 is 10.2 Å². The Bertz CT molecular complexity index is 95.1. The van der Waals surface area contributed by atoms with Crippen LogP contribution in [0.4, 0.5) is 0 Å². The van der Waals surface area contributed by atoms with Crippen LogP contribution >= 0.6 is 0 Å². The van der Waals surface area contributed by atoms with E-state index in [0.717, 1.165) is 12.8 Å². The van der Waals surface area contributed by atoms with Crippen molar-refractivity contribution in [2.75, 3.05) is 7.05 Å². The van der Waals surface area contributed by atoms with Gasteiger partial charge in [-0.1, -0.05) is 0 Å². The second kappa shape index (κ2) is 2.64. The molecule has 3 heteroatoms. The Morgan fingerprint density at radius 2 is 2.33 bits per heavy atom. The molecule has 0 unspecified atom stereocenters. The van der Waals surface area contributed by atoms with Crippen LogP contribution in [0.2, 0.25) is 0 Å². The Labute approximate surface area is 54.9 Å². The summed E-state index contributed by atoms with van der Waals surface area (Å²) in [5.74, 6) is 0. The summed E-state index contributed by atoms with van der Waals surface area (Å²) in [5.41, 5.74) is 0. The van der Waals surface area contributed by atoms with Crippen LogP contribution in [0.15, 0.2) is 0 Å². The monoisotopic (exact) mass is 130 g/mol. The van der Waals surface area contributed by atoms with Crippen molar-refractivity contribution in [2.24, 2.45) is 0 Å². The zero-order valence-electron chi connectivity index (χ0n) is 5.49. The highest BCUT2D eigenvalue weighted by Gasteiger charge is 2.26. The van der Waals surface area contributed by atoms with Crippen LogP contribution in [-0.4, -0.2) is 34.5 Å². The van der Waals surface area contributed by atoms with Crippen LogP contribution in [0.5, 0.6) is 0 Å². The molecule has 1 aliphatic rings. The van der Waals surface area contributed by atoms with Gasteiger partial charge in [0.15, 0.2) is 6.29 Å². The minimum absolute atomic E-state index is 0.0787. The molecular weight excluding hydrogens is 118 g/mol. The molecule has 0 saturated carbocycles. The molecule has 2 N–H and O–H groups in total. The van der Waals surface area contributed by atoms with Gasteiger partial charge in [-0.15, -0.1) is 0 Å². The average molecular weight is 130 g/mol. The molecular formula is C6H12NO2. The van der Waals surface area contributed by atoms with E-state index >= 15 is 0 Å². The van der Waals surface area contributed by atoms with Crippen LogP contribution in [0.1, 0.15) is 12.8 Å². The lowest BCUT2D eigenvalue weighted by Gasteiger charge is -2.19. The van der Waals surface area contributed by atoms with Gasteiger partial charge in [0.2, 0.25) is 0 Å². The molecule has 1 atom stereocenters. The van der Waals surface area contributed by atoms with E-state index in [0.29, 0.717) is 0 Å². The fraction of sp³-hybridized carbons (Fsp3) is 0.833. The van der Waals surface area contributed by atoms with Gasteiger partial charge < -0.3 is 10.2 Å². The highest BCUT2D eigenvalue weighted by atomic mass is 16.5. The smallest absolute Gasteiger partial charge is 0.167 e. The van der Waals surface area contributed by atoms with Gasteiger partial charge in [-0.05, 0) is 19.9 Å². The van der Waals surface area contributed by atoms with Gasteiger partial charge in [0.25, 0.3) is 0 Å². The summed E-state index contributed by atoms with van der Waals surface area (Å²) in [5, 5.41) is 17.4. The Balaban J connectivity index is 2.40. The summed E-state index contributed by atoms with van der Waals surface area (Å²) in [7, 11) is 1.86. The summed E-state index contributed by atoms with van der Waals surface area (Å²) in [4.78, 5) is 1.85. The van der Waals surface area contributed by atoms with Gasteiger partial charge in [-0.2, -0.15) is 0 Å². The van der Waals surface area contributed by atoms with Crippen molar-refractivity contribution in [1.82, 2.24) is 4.90 Å². The summed E-state index contributed by atoms with van der Waals surface area (Å²) in [6, 6.07) is -0.0787. The average Bonchev–Trinajstić information content (AvgIpc) is 2.13. The third kappa shape index (κ3) is 1.41. The number of aliphatic hydroxyl groups is 2. The van der Waals surface area contributed by atoms with Crippen molar-refractivity contribution >= 4 is 0 Å². The third-order valence-corrected chi connectivity index (χ3v) is 1.75. The summed E-state index contributed by atoms with van der Waals surface area (Å²) in [6.45, 7) is 1.98. The predicted molar refractivity (Wildman–Crippen MR) is 33.3 cm³/mol. The molecule has 0 bridgehead atoms. The quantitative estimate of drug-likeness (QED) is 0.473. The van der Waals surface area contributed by atoms with Crippen LogP contribution < -0.4 is 0 Å². The van der Waals surface area contributed by atoms with Gasteiger partial charge in [-0.25, -0.2) is 0 Å². The molecule has 0 amide bonds. The number of nitrogens with zero attached hydrogens (tertiary/aromatic N) is 1. The number of likely N-dealkylation sites (N-methyl/N-ethyl adjacent to an activating group) is 1. The van der Waals surface area contributed by atoms with Crippen molar-refractivity contribution in [3.05, 3.63) is 6.54 Å². The highest BCUT2D eigenvalue weighted by molar-refractivity contribution is 4.84. The molecule has 0 aliphatic carbocycles. The number of likely N-dealkylation sites (tertiary alicyclic amines) is 1. The van der Waals surface area contributed by atoms with E-state index in [1.54, 1.807) is 0 Å². The van der Waals surface area contributed by atoms with Gasteiger partial charge in [0.1, 0.15) is 0 Å². The largest absolute Gasteiger partial charge is 0.367 e. The first-order valence-corrected chi connectivity index (χ1v) is 3.13. The molecule has 1 fully saturated rings. The molecule has 1 saturated heterocycles. The van der Waals surface area contributed by atoms with Crippen LogP contribution in [0.3, 0.4) is 0 Å². The second-order valence-electron chi connectivity index (χ2n) is 2.41. The molecule has 3 nitrogen and oxygen atoms in total. The van der Waals surface area contributed by atoms with E-state index in [1.807, 2.05) is 18.5 Å². The zero-order valence-corrected chi connectivity index (χ0v) is 5.49. The molecule has 1 radical (unpaired) electrons. The van der Waals surface area contributed by atoms with Gasteiger partial charge in [-0.3, -0.25) is 4.90 Å². The van der Waals surface area contributed by atoms with Gasteiger partial charge in [0, 0.05) is 6.54 Å². The minimum Gasteiger partial charge on any atom is -0.367 e. The van der Waals surface area contributed by atoms with Crippen molar-refractivity contribution in [3.63, 3.8) is 0 Å². The third-order valence-electron chi connectivity index (χ3n) is 1.75. The van der Waals surface area contributed by atoms with Gasteiger partial charge in [0.05, 0.1) is 6.04 Å². The van der Waals surface area contributed by atoms with E-state index in [-0.39, 0.29) is 6.04 Å². The topological polar surface area (TPSA) is 43.7 Å². The lowest BCUT2D eigenvalue weighted by molar-refractivity contribution is -0.0834. The number of rotatable bonds is 1. The Hall–Kier alpha value is -0.120. The van der Waals surface area contributed by atoms with E-state index in [2.05, 4.69) is 0 Å². The first-order valence-electron chi connectivity index (χ1n) is 3.13. The SMILES string of the molecule is CN1[CH]CC[C@@H]1C(O)O. The minimum atomic E-state index is -1.19. The summed E-state index contributed by atoms with van der Waals surface area (Å²) in [6.07, 6.45) is 0.626. The van der Waals surface area contributed by atoms with Crippen molar-refractivity contribution in [1.29, 1.82) is 0 Å². The number of aliphatic hydroxyl groups excluding tert-OH is 1. The molecule has 0 aromatic heterocycles. The standard InChI is InChI=1S/C6H12NO2/c1-7-4-2-3-5(7)6(8)9/h4-6,8-9H,2-3H2,1H3/t5-/m1/s1. The van der Waals surface area contributed by atoms with Crippen LogP contribution in [-0.2, 0) is 0 Å². The van der Waals surface area contributed by atoms with Crippen molar-refractivity contribution in [2.45, 2.75) is 25.2 Å². The number of hydrogen-bond donors (Lipinski definition) is 2. The van der Waals surface area contributed by atoms with E-state index < -0.39 is 6.29 Å². The Morgan fingerprint density at radius 1 is 1.67 bits per heavy atom. The first-order chi connectivity index (χ1) is 4.22. The molecule has 1 rings (SSSR count). The molecule has 0 aromatic rings. The lowest BCUT2D eigenvalue weighted by Crippen LogP contribution is -2.34. The lowest BCUT2D eigenvalue weighted by atomic mass is 10.2. The molecule has 0 aromatic carbocycles.